The molecule has 0 rings (SSSR count). The van der Waals surface area contributed by atoms with Crippen molar-refractivity contribution in [2.75, 3.05) is 0 Å². The summed E-state index contributed by atoms with van der Waals surface area (Å²) in [5.41, 5.74) is 0. The molecule has 0 fully saturated rings. The summed E-state index contributed by atoms with van der Waals surface area (Å²) in [6.45, 7) is 1.06. The summed E-state index contributed by atoms with van der Waals surface area (Å²) in [5.74, 6) is 0. The largest absolute Gasteiger partial charge is 2.00 e. The van der Waals surface area contributed by atoms with Crippen molar-refractivity contribution in [3.63, 3.8) is 0 Å². The van der Waals surface area contributed by atoms with Crippen LogP contribution in [-0.4, -0.2) is 56.0 Å². The van der Waals surface area contributed by atoms with E-state index in [0.717, 1.165) is 6.82 Å². The van der Waals surface area contributed by atoms with Crippen LogP contribution in [0.25, 0.3) is 0 Å². The fraction of sp³-hybridized carbons (Fsp3) is 1.00. The van der Waals surface area contributed by atoms with E-state index in [1.807, 2.05) is 0 Å². The Kier molecular flexibility index (Phi) is 10.8. The van der Waals surface area contributed by atoms with Gasteiger partial charge in [0, 0.05) is 0 Å². The summed E-state index contributed by atoms with van der Waals surface area (Å²) < 4.78 is 0. The van der Waals surface area contributed by atoms with Crippen molar-refractivity contribution in [1.29, 1.82) is 0 Å². The van der Waals surface area contributed by atoms with Crippen molar-refractivity contribution >= 4 is 56.0 Å². The van der Waals surface area contributed by atoms with E-state index < -0.39 is 7.12 Å². The Morgan fingerprint density at radius 2 is 1.40 bits per heavy atom. The maximum Gasteiger partial charge on any atom is 2.00 e. The maximum absolute atomic E-state index is 8.97. The van der Waals surface area contributed by atoms with Crippen LogP contribution < -0.4 is 10.0 Å². The van der Waals surface area contributed by atoms with E-state index in [1.165, 1.54) is 0 Å². The molecule has 0 saturated heterocycles. The van der Waals surface area contributed by atoms with Crippen molar-refractivity contribution in [2.24, 2.45) is 0 Å². The molecule has 0 bridgehead atoms. The Morgan fingerprint density at radius 1 is 1.40 bits per heavy atom. The zero-order chi connectivity index (χ0) is 3.58. The van der Waals surface area contributed by atoms with Crippen LogP contribution in [-0.2, 0) is 0 Å². The minimum absolute atomic E-state index is 0. The average Bonchev–Trinajstić information content (AvgIpc) is 0.811. The summed E-state index contributed by atoms with van der Waals surface area (Å²) >= 11 is 0. The van der Waals surface area contributed by atoms with E-state index >= 15 is 0 Å². The first-order valence-electron chi connectivity index (χ1n) is 1.05. The predicted octanol–water partition coefficient (Wildman–Crippen LogP) is -2.56. The smallest absolute Gasteiger partial charge is 0.893 e. The van der Waals surface area contributed by atoms with Crippen molar-refractivity contribution in [1.82, 2.24) is 0 Å². The summed E-state index contributed by atoms with van der Waals surface area (Å²) in [6, 6.07) is 0. The SMILES string of the molecule is CB([O-])[O-].[Ba+2]. The number of hydrogen-bond donors (Lipinski definition) is 0. The normalized spacial score (nSPS) is 5.40. The zero-order valence-electron chi connectivity index (χ0n) is 3.10. The molecule has 0 aliphatic carbocycles. The van der Waals surface area contributed by atoms with Gasteiger partial charge in [0.05, 0.1) is 0 Å². The summed E-state index contributed by atoms with van der Waals surface area (Å²) in [7, 11) is -1.67. The van der Waals surface area contributed by atoms with Crippen molar-refractivity contribution < 1.29 is 10.0 Å². The minimum Gasteiger partial charge on any atom is -0.893 e. The third kappa shape index (κ3) is 29.0. The Labute approximate surface area is 71.8 Å². The summed E-state index contributed by atoms with van der Waals surface area (Å²) in [5, 5.41) is 17.9. The quantitative estimate of drug-likeness (QED) is 0.399. The maximum atomic E-state index is 8.97. The molecule has 2 nitrogen and oxygen atoms in total. The van der Waals surface area contributed by atoms with Crippen molar-refractivity contribution in [3.05, 3.63) is 0 Å². The van der Waals surface area contributed by atoms with Crippen LogP contribution in [0.2, 0.25) is 6.82 Å². The van der Waals surface area contributed by atoms with Gasteiger partial charge >= 0.3 is 48.9 Å². The first-order valence-corrected chi connectivity index (χ1v) is 1.05. The van der Waals surface area contributed by atoms with Gasteiger partial charge in [-0.15, -0.1) is 13.9 Å². The van der Waals surface area contributed by atoms with E-state index in [2.05, 4.69) is 0 Å². The fourth-order valence-corrected chi connectivity index (χ4v) is 0. The molecule has 24 valence electrons. The molecule has 0 aromatic heterocycles. The summed E-state index contributed by atoms with van der Waals surface area (Å²) in [6.07, 6.45) is 0. The van der Waals surface area contributed by atoms with Crippen molar-refractivity contribution in [3.8, 4) is 0 Å². The van der Waals surface area contributed by atoms with E-state index in [9.17, 15) is 0 Å². The van der Waals surface area contributed by atoms with Gasteiger partial charge in [-0.1, -0.05) is 0 Å². The van der Waals surface area contributed by atoms with E-state index in [0.29, 0.717) is 0 Å². The Morgan fingerprint density at radius 3 is 1.40 bits per heavy atom. The first kappa shape index (κ1) is 9.75. The van der Waals surface area contributed by atoms with E-state index in [1.54, 1.807) is 0 Å². The van der Waals surface area contributed by atoms with Gasteiger partial charge in [-0.3, -0.25) is 0 Å². The predicted molar refractivity (Wildman–Crippen MR) is 17.4 cm³/mol. The molecule has 0 unspecified atom stereocenters. The van der Waals surface area contributed by atoms with Crippen LogP contribution in [0.4, 0.5) is 0 Å². The topological polar surface area (TPSA) is 46.1 Å². The molecule has 0 spiro atoms. The second-order valence-corrected chi connectivity index (χ2v) is 0.568. The molecule has 0 heterocycles. The molecule has 0 aromatic carbocycles. The van der Waals surface area contributed by atoms with Gasteiger partial charge in [0.25, 0.3) is 0 Å². The molecular weight excluding hydrogens is 192 g/mol. The first-order chi connectivity index (χ1) is 1.73. The molecule has 0 aliphatic heterocycles. The van der Waals surface area contributed by atoms with Gasteiger partial charge in [-0.25, -0.2) is 0 Å². The average molecular weight is 195 g/mol. The molecule has 5 heavy (non-hydrogen) atoms. The van der Waals surface area contributed by atoms with Crippen LogP contribution in [0.3, 0.4) is 0 Å². The molecule has 4 heteroatoms. The van der Waals surface area contributed by atoms with Gasteiger partial charge in [-0.2, -0.15) is 0 Å². The third-order valence-electron chi connectivity index (χ3n) is 0. The Bertz CT molecular complexity index is 14.4. The molecule has 0 aliphatic rings. The van der Waals surface area contributed by atoms with Crippen LogP contribution >= 0.6 is 0 Å². The molecule has 0 atom stereocenters. The number of rotatable bonds is 0. The van der Waals surface area contributed by atoms with Gasteiger partial charge in [0.1, 0.15) is 0 Å². The second kappa shape index (κ2) is 5.56. The molecule has 0 amide bonds. The van der Waals surface area contributed by atoms with Crippen LogP contribution in [0.1, 0.15) is 0 Å². The van der Waals surface area contributed by atoms with Crippen LogP contribution in [0, 0.1) is 0 Å². The van der Waals surface area contributed by atoms with E-state index in [4.69, 9.17) is 10.0 Å². The second-order valence-electron chi connectivity index (χ2n) is 0.568. The Balaban J connectivity index is 0. The molecule has 0 N–H and O–H groups in total. The van der Waals surface area contributed by atoms with Crippen molar-refractivity contribution in [2.45, 2.75) is 6.82 Å². The van der Waals surface area contributed by atoms with Gasteiger partial charge in [0.2, 0.25) is 0 Å². The standard InChI is InChI=1S/CH3BO2.Ba/c1-2(3)4;/h1H3;/q-2;+2. The monoisotopic (exact) mass is 196 g/mol. The van der Waals surface area contributed by atoms with Gasteiger partial charge < -0.3 is 10.0 Å². The zero-order valence-corrected chi connectivity index (χ0v) is 7.54. The van der Waals surface area contributed by atoms with Gasteiger partial charge in [0.15, 0.2) is 0 Å². The van der Waals surface area contributed by atoms with Gasteiger partial charge in [-0.05, 0) is 0 Å². The molecule has 0 aromatic rings. The minimum atomic E-state index is -1.67. The summed E-state index contributed by atoms with van der Waals surface area (Å²) in [4.78, 5) is 0. The molecule has 0 radical (unpaired) electrons. The van der Waals surface area contributed by atoms with Crippen LogP contribution in [0.15, 0.2) is 0 Å². The number of hydrogen-bond acceptors (Lipinski definition) is 2. The Hall–Kier alpha value is 1.56. The van der Waals surface area contributed by atoms with E-state index in [-0.39, 0.29) is 48.9 Å². The molecule has 0 saturated carbocycles. The molecular formula is CH3BBaO2. The fourth-order valence-electron chi connectivity index (χ4n) is 0. The van der Waals surface area contributed by atoms with Crippen LogP contribution in [0.5, 0.6) is 0 Å². The third-order valence-corrected chi connectivity index (χ3v) is 0.